The molecule has 1 spiro atoms. The molecule has 1 saturated heterocycles. The van der Waals surface area contributed by atoms with E-state index in [-0.39, 0.29) is 35.1 Å². The summed E-state index contributed by atoms with van der Waals surface area (Å²) in [7, 11) is 0. The zero-order valence-electron chi connectivity index (χ0n) is 21.4. The Bertz CT molecular complexity index is 1340. The van der Waals surface area contributed by atoms with Crippen molar-refractivity contribution < 1.29 is 36.7 Å². The van der Waals surface area contributed by atoms with Gasteiger partial charge in [-0.3, -0.25) is 9.59 Å². The number of nitrogens with zero attached hydrogens (tertiary/aromatic N) is 5. The third-order valence-electron chi connectivity index (χ3n) is 6.84. The number of anilines is 4. The van der Waals surface area contributed by atoms with E-state index in [1.165, 1.54) is 24.5 Å². The number of pyridine rings is 2. The van der Waals surface area contributed by atoms with E-state index in [2.05, 4.69) is 40.4 Å². The number of halogens is 3. The second-order valence-electron chi connectivity index (χ2n) is 9.54. The van der Waals surface area contributed by atoms with E-state index in [0.717, 1.165) is 38.2 Å². The Morgan fingerprint density at radius 3 is 2.50 bits per heavy atom. The van der Waals surface area contributed by atoms with Crippen LogP contribution in [-0.4, -0.2) is 64.5 Å². The minimum atomic E-state index is -4.47. The lowest BCUT2D eigenvalue weighted by atomic mass is 9.91. The fourth-order valence-electron chi connectivity index (χ4n) is 4.67. The van der Waals surface area contributed by atoms with Crippen molar-refractivity contribution in [2.45, 2.75) is 32.4 Å². The molecule has 0 radical (unpaired) electrons. The SMILES string of the molecule is CCOC(=O)C1CC12CCN(c1ccc(NC(=O)c3nnc(Nc4ccc(OCC(F)(F)F)nc4)o3)cn1)CC2. The highest BCUT2D eigenvalue weighted by Gasteiger charge is 2.59. The van der Waals surface area contributed by atoms with E-state index >= 15 is 0 Å². The van der Waals surface area contributed by atoms with Crippen LogP contribution in [0.15, 0.2) is 41.1 Å². The maximum absolute atomic E-state index is 12.5. The summed E-state index contributed by atoms with van der Waals surface area (Å²) in [5.41, 5.74) is 0.814. The second kappa shape index (κ2) is 11.0. The Morgan fingerprint density at radius 2 is 1.85 bits per heavy atom. The van der Waals surface area contributed by atoms with Gasteiger partial charge in [-0.2, -0.15) is 13.2 Å². The molecule has 3 aromatic heterocycles. The van der Waals surface area contributed by atoms with Crippen molar-refractivity contribution in [2.24, 2.45) is 11.3 Å². The average molecular weight is 562 g/mol. The fourth-order valence-corrected chi connectivity index (χ4v) is 4.67. The smallest absolute Gasteiger partial charge is 0.422 e. The number of rotatable bonds is 9. The summed E-state index contributed by atoms with van der Waals surface area (Å²) in [6.07, 6.45) is 0.956. The van der Waals surface area contributed by atoms with E-state index in [1.54, 1.807) is 12.1 Å². The summed E-state index contributed by atoms with van der Waals surface area (Å²) in [5.74, 6) is -0.488. The fraction of sp³-hybridized carbons (Fsp3) is 0.440. The number of nitrogens with one attached hydrogen (secondary N) is 2. The Labute approximate surface area is 226 Å². The normalized spacial score (nSPS) is 17.8. The number of carbonyl (C=O) groups excluding carboxylic acids is 2. The molecule has 0 aromatic carbocycles. The molecular formula is C25H26F3N7O5. The maximum Gasteiger partial charge on any atom is 0.422 e. The molecule has 4 heterocycles. The topological polar surface area (TPSA) is 145 Å². The molecule has 0 bridgehead atoms. The molecule has 212 valence electrons. The van der Waals surface area contributed by atoms with Crippen LogP contribution in [0, 0.1) is 11.3 Å². The molecule has 2 fully saturated rings. The van der Waals surface area contributed by atoms with Gasteiger partial charge in [0, 0.05) is 19.2 Å². The van der Waals surface area contributed by atoms with Gasteiger partial charge in [0.25, 0.3) is 0 Å². The molecule has 2 N–H and O–H groups in total. The summed E-state index contributed by atoms with van der Waals surface area (Å²) in [6.45, 7) is 2.33. The predicted octanol–water partition coefficient (Wildman–Crippen LogP) is 3.97. The number of hydrogen-bond donors (Lipinski definition) is 2. The zero-order chi connectivity index (χ0) is 28.3. The van der Waals surface area contributed by atoms with Crippen LogP contribution >= 0.6 is 0 Å². The van der Waals surface area contributed by atoms with E-state index in [0.29, 0.717) is 18.0 Å². The summed E-state index contributed by atoms with van der Waals surface area (Å²) < 4.78 is 51.8. The Hall–Kier alpha value is -4.43. The van der Waals surface area contributed by atoms with Crippen LogP contribution in [0.1, 0.15) is 36.9 Å². The van der Waals surface area contributed by atoms with Gasteiger partial charge in [-0.05, 0) is 49.8 Å². The molecule has 3 aromatic rings. The molecular weight excluding hydrogens is 535 g/mol. The minimum absolute atomic E-state index is 0.00372. The third kappa shape index (κ3) is 6.40. The molecule has 1 aliphatic carbocycles. The summed E-state index contributed by atoms with van der Waals surface area (Å²) >= 11 is 0. The van der Waals surface area contributed by atoms with Gasteiger partial charge in [0.1, 0.15) is 5.82 Å². The van der Waals surface area contributed by atoms with Gasteiger partial charge in [-0.15, -0.1) is 5.10 Å². The van der Waals surface area contributed by atoms with E-state index in [1.807, 2.05) is 6.92 Å². The minimum Gasteiger partial charge on any atom is -0.468 e. The van der Waals surface area contributed by atoms with E-state index in [9.17, 15) is 22.8 Å². The average Bonchev–Trinajstić information content (AvgIpc) is 3.42. The largest absolute Gasteiger partial charge is 0.468 e. The highest BCUT2D eigenvalue weighted by Crippen LogP contribution is 2.60. The second-order valence-corrected chi connectivity index (χ2v) is 9.54. The zero-order valence-corrected chi connectivity index (χ0v) is 21.4. The predicted molar refractivity (Wildman–Crippen MR) is 134 cm³/mol. The number of piperidine rings is 1. The van der Waals surface area contributed by atoms with Crippen molar-refractivity contribution >= 4 is 35.1 Å². The first-order chi connectivity index (χ1) is 19.1. The lowest BCUT2D eigenvalue weighted by Crippen LogP contribution is -2.36. The van der Waals surface area contributed by atoms with Gasteiger partial charge in [0.05, 0.1) is 36.3 Å². The number of amides is 1. The molecule has 1 aliphatic heterocycles. The van der Waals surface area contributed by atoms with Gasteiger partial charge < -0.3 is 29.4 Å². The van der Waals surface area contributed by atoms with Crippen molar-refractivity contribution in [1.82, 2.24) is 20.2 Å². The lowest BCUT2D eigenvalue weighted by molar-refractivity contribution is -0.154. The molecule has 5 rings (SSSR count). The van der Waals surface area contributed by atoms with Crippen LogP contribution in [0.4, 0.5) is 36.4 Å². The molecule has 12 nitrogen and oxygen atoms in total. The van der Waals surface area contributed by atoms with Crippen LogP contribution in [0.2, 0.25) is 0 Å². The standard InChI is InChI=1S/C25H26F3N7O5/c1-2-38-22(37)17-11-24(17)7-9-35(10-8-24)18-5-3-15(12-29-18)31-20(36)21-33-34-23(40-21)32-16-4-6-19(30-13-16)39-14-25(26,27)28/h3-6,12-13,17H,2,7-11,14H2,1H3,(H,31,36)(H,32,34). The van der Waals surface area contributed by atoms with Crippen LogP contribution in [0.5, 0.6) is 5.88 Å². The molecule has 40 heavy (non-hydrogen) atoms. The lowest BCUT2D eigenvalue weighted by Gasteiger charge is -2.33. The first-order valence-electron chi connectivity index (χ1n) is 12.6. The molecule has 1 saturated carbocycles. The van der Waals surface area contributed by atoms with E-state index in [4.69, 9.17) is 9.15 Å². The number of alkyl halides is 3. The van der Waals surface area contributed by atoms with E-state index < -0.39 is 18.7 Å². The van der Waals surface area contributed by atoms with Gasteiger partial charge in [-0.25, -0.2) is 9.97 Å². The number of hydrogen-bond acceptors (Lipinski definition) is 11. The molecule has 1 amide bonds. The van der Waals surface area contributed by atoms with Gasteiger partial charge in [0.15, 0.2) is 6.61 Å². The van der Waals surface area contributed by atoms with Crippen molar-refractivity contribution in [3.63, 3.8) is 0 Å². The van der Waals surface area contributed by atoms with Crippen molar-refractivity contribution in [3.8, 4) is 5.88 Å². The number of carbonyl (C=O) groups is 2. The molecule has 2 aliphatic rings. The van der Waals surface area contributed by atoms with Gasteiger partial charge in [-0.1, -0.05) is 5.10 Å². The van der Waals surface area contributed by atoms with Gasteiger partial charge >= 0.3 is 30.0 Å². The molecule has 15 heteroatoms. The Balaban J connectivity index is 1.10. The monoisotopic (exact) mass is 561 g/mol. The third-order valence-corrected chi connectivity index (χ3v) is 6.84. The summed E-state index contributed by atoms with van der Waals surface area (Å²) in [4.78, 5) is 35.0. The Morgan fingerprint density at radius 1 is 1.10 bits per heavy atom. The quantitative estimate of drug-likeness (QED) is 0.366. The number of aromatic nitrogens is 4. The van der Waals surface area contributed by atoms with Crippen LogP contribution in [-0.2, 0) is 9.53 Å². The summed E-state index contributed by atoms with van der Waals surface area (Å²) in [5, 5.41) is 12.8. The highest BCUT2D eigenvalue weighted by molar-refractivity contribution is 6.00. The summed E-state index contributed by atoms with van der Waals surface area (Å²) in [6, 6.07) is 6.05. The van der Waals surface area contributed by atoms with Crippen LogP contribution in [0.3, 0.4) is 0 Å². The highest BCUT2D eigenvalue weighted by atomic mass is 19.4. The maximum atomic E-state index is 12.5. The van der Waals surface area contributed by atoms with Crippen molar-refractivity contribution in [1.29, 1.82) is 0 Å². The first kappa shape index (κ1) is 27.1. The van der Waals surface area contributed by atoms with Crippen LogP contribution in [0.25, 0.3) is 0 Å². The van der Waals surface area contributed by atoms with Crippen LogP contribution < -0.4 is 20.3 Å². The Kier molecular flexibility index (Phi) is 7.45. The van der Waals surface area contributed by atoms with Gasteiger partial charge in [0.2, 0.25) is 5.88 Å². The number of esters is 1. The van der Waals surface area contributed by atoms with Crippen molar-refractivity contribution in [2.75, 3.05) is 41.8 Å². The molecule has 1 unspecified atom stereocenters. The van der Waals surface area contributed by atoms with Crippen molar-refractivity contribution in [3.05, 3.63) is 42.5 Å². The first-order valence-corrected chi connectivity index (χ1v) is 12.6. The number of ether oxygens (including phenoxy) is 2. The molecule has 1 atom stereocenters.